The number of likely N-dealkylation sites (N-methyl/N-ethyl adjacent to an activating group) is 1. The number of nitrogens with zero attached hydrogens (tertiary/aromatic N) is 6. The SMILES string of the molecule is C[C@@H]1CN(c2nccc(-c3cc(NC(=O)c4cn(C)c(=O)cc4C(F)(F)F)c(N4C[C@@H](C)N(C)[C@@H](C)C4)cc3F)n2)C[C@H](C)O1. The second-order valence-electron chi connectivity index (χ2n) is 12.0. The van der Waals surface area contributed by atoms with Crippen molar-refractivity contribution in [2.45, 2.75) is 58.2 Å². The molecule has 0 unspecified atom stereocenters. The molecule has 0 aliphatic carbocycles. The van der Waals surface area contributed by atoms with Crippen LogP contribution in [0.1, 0.15) is 43.6 Å². The van der Waals surface area contributed by atoms with Crippen LogP contribution in [-0.2, 0) is 18.0 Å². The summed E-state index contributed by atoms with van der Waals surface area (Å²) in [4.78, 5) is 40.6. The van der Waals surface area contributed by atoms with Gasteiger partial charge in [-0.15, -0.1) is 0 Å². The highest BCUT2D eigenvalue weighted by Crippen LogP contribution is 2.37. The van der Waals surface area contributed by atoms with Crippen molar-refractivity contribution in [3.8, 4) is 11.3 Å². The molecule has 0 bridgehead atoms. The topological polar surface area (TPSA) is 95.8 Å². The van der Waals surface area contributed by atoms with Gasteiger partial charge in [-0.25, -0.2) is 14.4 Å². The summed E-state index contributed by atoms with van der Waals surface area (Å²) in [5, 5.41) is 2.60. The lowest BCUT2D eigenvalue weighted by molar-refractivity contribution is -0.138. The van der Waals surface area contributed by atoms with Crippen molar-refractivity contribution in [1.29, 1.82) is 0 Å². The molecule has 2 aliphatic heterocycles. The first-order chi connectivity index (χ1) is 21.1. The van der Waals surface area contributed by atoms with Crippen LogP contribution in [0.25, 0.3) is 11.3 Å². The molecule has 2 aromatic heterocycles. The Morgan fingerprint density at radius 2 is 1.62 bits per heavy atom. The minimum atomic E-state index is -4.95. The van der Waals surface area contributed by atoms with Gasteiger partial charge in [0.05, 0.1) is 40.4 Å². The molecule has 0 saturated carbocycles. The standard InChI is InChI=1S/C31H37F4N7O3/c1-17-12-41(13-18(2)40(17)6)27-11-24(32)21(25-7-8-36-30(38-25)42-14-19(3)45-20(4)15-42)9-26(27)37-29(44)22-16-39(5)28(43)10-23(22)31(33,34)35/h7-11,16-20H,12-15H2,1-6H3,(H,37,44)/t17-,18+,19-,20+. The number of carbonyl (C=O) groups excluding carboxylic acids is 1. The van der Waals surface area contributed by atoms with E-state index in [-0.39, 0.29) is 41.2 Å². The van der Waals surface area contributed by atoms with E-state index in [0.717, 1.165) is 10.8 Å². The van der Waals surface area contributed by atoms with Gasteiger partial charge in [-0.2, -0.15) is 13.2 Å². The number of hydrogen-bond acceptors (Lipinski definition) is 8. The Bertz CT molecular complexity index is 1620. The third-order valence-corrected chi connectivity index (χ3v) is 8.43. The molecule has 2 saturated heterocycles. The number of nitrogens with one attached hydrogen (secondary N) is 1. The molecular formula is C31H37F4N7O3. The molecule has 4 atom stereocenters. The molecule has 4 heterocycles. The van der Waals surface area contributed by atoms with Gasteiger partial charge in [-0.3, -0.25) is 14.5 Å². The minimum Gasteiger partial charge on any atom is -0.372 e. The number of pyridine rings is 1. The number of anilines is 3. The number of aromatic nitrogens is 3. The van der Waals surface area contributed by atoms with Gasteiger partial charge in [-0.1, -0.05) is 0 Å². The van der Waals surface area contributed by atoms with E-state index in [1.54, 1.807) is 0 Å². The van der Waals surface area contributed by atoms with E-state index in [4.69, 9.17) is 4.74 Å². The van der Waals surface area contributed by atoms with E-state index in [0.29, 0.717) is 43.9 Å². The summed E-state index contributed by atoms with van der Waals surface area (Å²) in [5.41, 5.74) is -2.29. The van der Waals surface area contributed by atoms with Crippen LogP contribution >= 0.6 is 0 Å². The normalized spacial score (nSPS) is 22.9. The van der Waals surface area contributed by atoms with Crippen LogP contribution < -0.4 is 20.7 Å². The van der Waals surface area contributed by atoms with Gasteiger partial charge in [0.15, 0.2) is 0 Å². The number of hydrogen-bond donors (Lipinski definition) is 1. The molecule has 3 aromatic rings. The molecule has 10 nitrogen and oxygen atoms in total. The van der Waals surface area contributed by atoms with Crippen molar-refractivity contribution in [2.24, 2.45) is 7.05 Å². The van der Waals surface area contributed by atoms with E-state index >= 15 is 4.39 Å². The summed E-state index contributed by atoms with van der Waals surface area (Å²) in [6.45, 7) is 9.96. The van der Waals surface area contributed by atoms with Crippen molar-refractivity contribution in [1.82, 2.24) is 19.4 Å². The predicted molar refractivity (Wildman–Crippen MR) is 163 cm³/mol. The third-order valence-electron chi connectivity index (χ3n) is 8.43. The maximum Gasteiger partial charge on any atom is 0.417 e. The Morgan fingerprint density at radius 3 is 2.24 bits per heavy atom. The fourth-order valence-electron chi connectivity index (χ4n) is 5.95. The lowest BCUT2D eigenvalue weighted by Crippen LogP contribution is -2.55. The number of amides is 1. The Labute approximate surface area is 258 Å². The summed E-state index contributed by atoms with van der Waals surface area (Å²) < 4.78 is 64.4. The van der Waals surface area contributed by atoms with Crippen molar-refractivity contribution in [2.75, 3.05) is 48.3 Å². The summed E-state index contributed by atoms with van der Waals surface area (Å²) in [5.74, 6) is -1.33. The number of carbonyl (C=O) groups is 1. The van der Waals surface area contributed by atoms with E-state index in [2.05, 4.69) is 20.2 Å². The number of piperazine rings is 1. The fourth-order valence-corrected chi connectivity index (χ4v) is 5.95. The zero-order chi connectivity index (χ0) is 32.8. The molecule has 242 valence electrons. The van der Waals surface area contributed by atoms with Gasteiger partial charge < -0.3 is 24.4 Å². The van der Waals surface area contributed by atoms with Crippen molar-refractivity contribution in [3.63, 3.8) is 0 Å². The van der Waals surface area contributed by atoms with Gasteiger partial charge in [0.2, 0.25) is 5.95 Å². The summed E-state index contributed by atoms with van der Waals surface area (Å²) in [7, 11) is 3.25. The number of halogens is 4. The molecule has 1 amide bonds. The Hall–Kier alpha value is -4.04. The number of morpholine rings is 1. The molecule has 1 N–H and O–H groups in total. The lowest BCUT2D eigenvalue weighted by atomic mass is 10.0. The Kier molecular flexibility index (Phi) is 8.91. The van der Waals surface area contributed by atoms with Crippen molar-refractivity contribution in [3.05, 3.63) is 64.0 Å². The van der Waals surface area contributed by atoms with Crippen molar-refractivity contribution >= 4 is 23.2 Å². The van der Waals surface area contributed by atoms with Crippen LogP contribution in [0.4, 0.5) is 34.9 Å². The molecule has 2 aliphatic rings. The number of alkyl halides is 3. The monoisotopic (exact) mass is 631 g/mol. The Morgan fingerprint density at radius 1 is 0.978 bits per heavy atom. The zero-order valence-electron chi connectivity index (χ0n) is 26.0. The summed E-state index contributed by atoms with van der Waals surface area (Å²) in [6, 6.07) is 4.75. The van der Waals surface area contributed by atoms with Crippen LogP contribution in [0.5, 0.6) is 0 Å². The van der Waals surface area contributed by atoms with Gasteiger partial charge in [0.25, 0.3) is 11.5 Å². The van der Waals surface area contributed by atoms with E-state index in [9.17, 15) is 22.8 Å². The molecule has 0 spiro atoms. The first-order valence-corrected chi connectivity index (χ1v) is 14.8. The molecule has 14 heteroatoms. The summed E-state index contributed by atoms with van der Waals surface area (Å²) >= 11 is 0. The number of aryl methyl sites for hydroxylation is 1. The lowest BCUT2D eigenvalue weighted by Gasteiger charge is -2.44. The van der Waals surface area contributed by atoms with E-state index < -0.39 is 34.6 Å². The number of ether oxygens (including phenoxy) is 1. The third kappa shape index (κ3) is 6.81. The smallest absolute Gasteiger partial charge is 0.372 e. The molecular weight excluding hydrogens is 594 g/mol. The first kappa shape index (κ1) is 32.4. The van der Waals surface area contributed by atoms with Crippen molar-refractivity contribution < 1.29 is 27.1 Å². The van der Waals surface area contributed by atoms with Crippen LogP contribution in [0, 0.1) is 5.82 Å². The second kappa shape index (κ2) is 12.4. The maximum absolute atomic E-state index is 16.0. The van der Waals surface area contributed by atoms with Gasteiger partial charge in [0, 0.05) is 69.3 Å². The average molecular weight is 632 g/mol. The van der Waals surface area contributed by atoms with Gasteiger partial charge in [0.1, 0.15) is 5.82 Å². The highest BCUT2D eigenvalue weighted by atomic mass is 19.4. The van der Waals surface area contributed by atoms with Crippen LogP contribution in [-0.4, -0.2) is 82.9 Å². The van der Waals surface area contributed by atoms with E-state index in [1.807, 2.05) is 44.5 Å². The van der Waals surface area contributed by atoms with E-state index in [1.165, 1.54) is 31.4 Å². The average Bonchev–Trinajstić information content (AvgIpc) is 2.96. The molecule has 45 heavy (non-hydrogen) atoms. The quantitative estimate of drug-likeness (QED) is 0.415. The van der Waals surface area contributed by atoms with Crippen LogP contribution in [0.15, 0.2) is 41.5 Å². The highest BCUT2D eigenvalue weighted by molar-refractivity contribution is 6.07. The fraction of sp³-hybridized carbons (Fsp3) is 0.484. The zero-order valence-corrected chi connectivity index (χ0v) is 26.0. The molecule has 2 fully saturated rings. The highest BCUT2D eigenvalue weighted by Gasteiger charge is 2.37. The number of benzene rings is 1. The van der Waals surface area contributed by atoms with Gasteiger partial charge in [-0.05, 0) is 52.9 Å². The first-order valence-electron chi connectivity index (χ1n) is 14.8. The summed E-state index contributed by atoms with van der Waals surface area (Å²) in [6.07, 6.45) is -2.72. The van der Waals surface area contributed by atoms with Gasteiger partial charge >= 0.3 is 6.18 Å². The maximum atomic E-state index is 16.0. The number of rotatable bonds is 5. The van der Waals surface area contributed by atoms with Crippen LogP contribution in [0.2, 0.25) is 0 Å². The molecule has 1 aromatic carbocycles. The largest absolute Gasteiger partial charge is 0.417 e. The second-order valence-corrected chi connectivity index (χ2v) is 12.0. The molecule has 0 radical (unpaired) electrons. The minimum absolute atomic E-state index is 0.0405. The molecule has 5 rings (SSSR count). The Balaban J connectivity index is 1.59. The van der Waals surface area contributed by atoms with Crippen LogP contribution in [0.3, 0.4) is 0 Å². The predicted octanol–water partition coefficient (Wildman–Crippen LogP) is 4.39.